The summed E-state index contributed by atoms with van der Waals surface area (Å²) in [5.41, 5.74) is 0. The van der Waals surface area contributed by atoms with Crippen molar-refractivity contribution in [1.82, 2.24) is 9.03 Å². The highest BCUT2D eigenvalue weighted by molar-refractivity contribution is 7.87. The van der Waals surface area contributed by atoms with Crippen molar-refractivity contribution in [2.75, 3.05) is 13.2 Å². The number of ether oxygens (including phenoxy) is 1. The summed E-state index contributed by atoms with van der Waals surface area (Å²) < 4.78 is 31.0. The molecule has 1 aliphatic carbocycles. The number of aliphatic hydroxyl groups is 1. The van der Waals surface area contributed by atoms with Crippen molar-refractivity contribution < 1.29 is 18.3 Å². The van der Waals surface area contributed by atoms with Crippen LogP contribution >= 0.6 is 0 Å². The first-order valence-electron chi connectivity index (χ1n) is 4.18. The second kappa shape index (κ2) is 3.18. The zero-order valence-electron chi connectivity index (χ0n) is 7.01. The summed E-state index contributed by atoms with van der Waals surface area (Å²) in [5.74, 6) is 0. The van der Waals surface area contributed by atoms with Crippen LogP contribution in [-0.2, 0) is 14.9 Å². The average Bonchev–Trinajstić information content (AvgIpc) is 2.69. The Morgan fingerprint density at radius 3 is 2.62 bits per heavy atom. The van der Waals surface area contributed by atoms with E-state index in [1.807, 2.05) is 0 Å². The smallest absolute Gasteiger partial charge is 0.283 e. The van der Waals surface area contributed by atoms with Gasteiger partial charge in [-0.3, -0.25) is 0 Å². The molecule has 0 aromatic rings. The summed E-state index contributed by atoms with van der Waals surface area (Å²) in [6, 6.07) is 0.0535. The Hall–Kier alpha value is -0.210. The second-order valence-corrected chi connectivity index (χ2v) is 4.86. The molecule has 13 heavy (non-hydrogen) atoms. The highest BCUT2D eigenvalue weighted by Crippen LogP contribution is 2.22. The van der Waals surface area contributed by atoms with E-state index in [1.54, 1.807) is 0 Å². The second-order valence-electron chi connectivity index (χ2n) is 3.20. The first-order chi connectivity index (χ1) is 6.09. The Balaban J connectivity index is 2.03. The lowest BCUT2D eigenvalue weighted by Crippen LogP contribution is -2.44. The molecule has 6 nitrogen and oxygen atoms in total. The van der Waals surface area contributed by atoms with Gasteiger partial charge in [0, 0.05) is 12.6 Å². The SMILES string of the molecule is O=S(=O)(NC1CC1)N1CCOC1O. The third-order valence-corrected chi connectivity index (χ3v) is 3.64. The van der Waals surface area contributed by atoms with Gasteiger partial charge < -0.3 is 9.84 Å². The van der Waals surface area contributed by atoms with Crippen molar-refractivity contribution in [1.29, 1.82) is 0 Å². The summed E-state index contributed by atoms with van der Waals surface area (Å²) in [6.45, 7) is 0.454. The highest BCUT2D eigenvalue weighted by Gasteiger charge is 2.37. The molecule has 0 amide bonds. The molecule has 1 aliphatic heterocycles. The van der Waals surface area contributed by atoms with Gasteiger partial charge in [0.05, 0.1) is 6.61 Å². The topological polar surface area (TPSA) is 78.9 Å². The maximum absolute atomic E-state index is 11.5. The number of hydrogen-bond acceptors (Lipinski definition) is 4. The van der Waals surface area contributed by atoms with Gasteiger partial charge in [0.15, 0.2) is 0 Å². The molecular formula is C6H12N2O4S. The third-order valence-electron chi connectivity index (χ3n) is 2.03. The molecule has 7 heteroatoms. The molecule has 1 heterocycles. The molecule has 2 fully saturated rings. The lowest BCUT2D eigenvalue weighted by atomic mass is 10.7. The molecule has 0 aromatic heterocycles. The number of hydrogen-bond donors (Lipinski definition) is 2. The van der Waals surface area contributed by atoms with E-state index in [0.29, 0.717) is 0 Å². The normalized spacial score (nSPS) is 31.0. The van der Waals surface area contributed by atoms with E-state index in [2.05, 4.69) is 4.72 Å². The van der Waals surface area contributed by atoms with Crippen molar-refractivity contribution in [2.24, 2.45) is 0 Å². The molecule has 76 valence electrons. The summed E-state index contributed by atoms with van der Waals surface area (Å²) in [7, 11) is -3.54. The summed E-state index contributed by atoms with van der Waals surface area (Å²) in [4.78, 5) is 0. The van der Waals surface area contributed by atoms with E-state index in [1.165, 1.54) is 0 Å². The van der Waals surface area contributed by atoms with Crippen molar-refractivity contribution in [3.05, 3.63) is 0 Å². The summed E-state index contributed by atoms with van der Waals surface area (Å²) >= 11 is 0. The van der Waals surface area contributed by atoms with E-state index in [0.717, 1.165) is 17.1 Å². The van der Waals surface area contributed by atoms with Gasteiger partial charge in [0.1, 0.15) is 0 Å². The van der Waals surface area contributed by atoms with Gasteiger partial charge in [-0.25, -0.2) is 0 Å². The fourth-order valence-electron chi connectivity index (χ4n) is 1.16. The van der Waals surface area contributed by atoms with Crippen LogP contribution in [0.2, 0.25) is 0 Å². The number of aliphatic hydroxyl groups excluding tert-OH is 1. The fourth-order valence-corrected chi connectivity index (χ4v) is 2.57. The van der Waals surface area contributed by atoms with Crippen LogP contribution in [0, 0.1) is 0 Å². The van der Waals surface area contributed by atoms with Crippen LogP contribution in [0.15, 0.2) is 0 Å². The van der Waals surface area contributed by atoms with Gasteiger partial charge in [0.2, 0.25) is 6.41 Å². The van der Waals surface area contributed by atoms with Crippen molar-refractivity contribution in [3.8, 4) is 0 Å². The van der Waals surface area contributed by atoms with Crippen molar-refractivity contribution in [2.45, 2.75) is 25.3 Å². The Labute approximate surface area is 76.7 Å². The third kappa shape index (κ3) is 2.00. The molecule has 1 unspecified atom stereocenters. The van der Waals surface area contributed by atoms with Crippen LogP contribution in [0.25, 0.3) is 0 Å². The minimum Gasteiger partial charge on any atom is -0.355 e. The Morgan fingerprint density at radius 1 is 1.46 bits per heavy atom. The quantitative estimate of drug-likeness (QED) is 0.597. The maximum Gasteiger partial charge on any atom is 0.283 e. The van der Waals surface area contributed by atoms with Gasteiger partial charge in [-0.1, -0.05) is 0 Å². The minimum absolute atomic E-state index is 0.0535. The number of nitrogens with one attached hydrogen (secondary N) is 1. The predicted molar refractivity (Wildman–Crippen MR) is 43.7 cm³/mol. The first-order valence-corrected chi connectivity index (χ1v) is 5.62. The molecule has 1 atom stereocenters. The molecule has 0 radical (unpaired) electrons. The van der Waals surface area contributed by atoms with Crippen LogP contribution in [0.4, 0.5) is 0 Å². The highest BCUT2D eigenvalue weighted by atomic mass is 32.2. The Bertz CT molecular complexity index is 287. The van der Waals surface area contributed by atoms with E-state index in [-0.39, 0.29) is 19.2 Å². The lowest BCUT2D eigenvalue weighted by Gasteiger charge is -2.17. The monoisotopic (exact) mass is 208 g/mol. The zero-order valence-corrected chi connectivity index (χ0v) is 7.83. The predicted octanol–water partition coefficient (Wildman–Crippen LogP) is -1.41. The minimum atomic E-state index is -3.54. The van der Waals surface area contributed by atoms with E-state index >= 15 is 0 Å². The van der Waals surface area contributed by atoms with E-state index < -0.39 is 16.6 Å². The summed E-state index contributed by atoms with van der Waals surface area (Å²) in [6.07, 6.45) is 0.435. The lowest BCUT2D eigenvalue weighted by molar-refractivity contribution is -0.106. The van der Waals surface area contributed by atoms with Crippen LogP contribution < -0.4 is 4.72 Å². The maximum atomic E-state index is 11.5. The van der Waals surface area contributed by atoms with E-state index in [9.17, 15) is 8.42 Å². The molecular weight excluding hydrogens is 196 g/mol. The standard InChI is InChI=1S/C6H12N2O4S/c9-6-8(3-4-12-6)13(10,11)7-5-1-2-5/h5-7,9H,1-4H2. The van der Waals surface area contributed by atoms with Crippen LogP contribution in [0.5, 0.6) is 0 Å². The molecule has 2 N–H and O–H groups in total. The largest absolute Gasteiger partial charge is 0.355 e. The van der Waals surface area contributed by atoms with E-state index in [4.69, 9.17) is 9.84 Å². The van der Waals surface area contributed by atoms with Gasteiger partial charge in [-0.2, -0.15) is 13.1 Å². The Morgan fingerprint density at radius 2 is 2.15 bits per heavy atom. The van der Waals surface area contributed by atoms with Crippen molar-refractivity contribution in [3.63, 3.8) is 0 Å². The fraction of sp³-hybridized carbons (Fsp3) is 1.00. The van der Waals surface area contributed by atoms with Crippen LogP contribution in [0.1, 0.15) is 12.8 Å². The first kappa shape index (κ1) is 9.35. The average molecular weight is 208 g/mol. The van der Waals surface area contributed by atoms with Crippen LogP contribution in [-0.4, -0.2) is 43.4 Å². The molecule has 0 aromatic carbocycles. The summed E-state index contributed by atoms with van der Waals surface area (Å²) in [5, 5.41) is 9.14. The van der Waals surface area contributed by atoms with Gasteiger partial charge in [-0.05, 0) is 12.8 Å². The van der Waals surface area contributed by atoms with Gasteiger partial charge in [0.25, 0.3) is 10.2 Å². The zero-order chi connectivity index (χ0) is 9.47. The van der Waals surface area contributed by atoms with Crippen molar-refractivity contribution >= 4 is 10.2 Å². The molecule has 0 spiro atoms. The molecule has 2 aliphatic rings. The molecule has 1 saturated carbocycles. The van der Waals surface area contributed by atoms with Gasteiger partial charge in [-0.15, -0.1) is 4.31 Å². The molecule has 0 bridgehead atoms. The van der Waals surface area contributed by atoms with Gasteiger partial charge >= 0.3 is 0 Å². The molecule has 2 rings (SSSR count). The number of nitrogens with zero attached hydrogens (tertiary/aromatic N) is 1. The Kier molecular flexibility index (Phi) is 2.28. The van der Waals surface area contributed by atoms with Crippen LogP contribution in [0.3, 0.4) is 0 Å². The molecule has 1 saturated heterocycles. The number of rotatable bonds is 3.